The van der Waals surface area contributed by atoms with E-state index in [0.717, 1.165) is 43.1 Å². The highest BCUT2D eigenvalue weighted by atomic mass is 35.5. The summed E-state index contributed by atoms with van der Waals surface area (Å²) in [7, 11) is 0. The van der Waals surface area contributed by atoms with Gasteiger partial charge in [0.2, 0.25) is 5.91 Å². The Morgan fingerprint density at radius 1 is 1.12 bits per heavy atom. The standard InChI is InChI=1S/C20H23ClN2O/c21-18-11-5-4-10-17(18)19-15-22-13-14-23(19)20(24)12-6-9-16-7-2-1-3-8-16/h1-5,7-8,10-11,19,22H,6,9,12-15H2. The average Bonchev–Trinajstić information content (AvgIpc) is 2.63. The number of aryl methyl sites for hydroxylation is 1. The topological polar surface area (TPSA) is 32.3 Å². The van der Waals surface area contributed by atoms with Crippen LogP contribution < -0.4 is 5.32 Å². The summed E-state index contributed by atoms with van der Waals surface area (Å²) in [6, 6.07) is 18.2. The predicted molar refractivity (Wildman–Crippen MR) is 98.2 cm³/mol. The summed E-state index contributed by atoms with van der Waals surface area (Å²) >= 11 is 6.35. The molecule has 1 aliphatic rings. The smallest absolute Gasteiger partial charge is 0.223 e. The first-order valence-electron chi connectivity index (χ1n) is 8.54. The summed E-state index contributed by atoms with van der Waals surface area (Å²) < 4.78 is 0. The summed E-state index contributed by atoms with van der Waals surface area (Å²) in [5, 5.41) is 4.10. The molecule has 1 heterocycles. The molecule has 1 N–H and O–H groups in total. The van der Waals surface area contributed by atoms with Gasteiger partial charge in [0, 0.05) is 31.1 Å². The number of carbonyl (C=O) groups excluding carboxylic acids is 1. The number of nitrogens with one attached hydrogen (secondary N) is 1. The third-order valence-corrected chi connectivity index (χ3v) is 4.87. The van der Waals surface area contributed by atoms with Gasteiger partial charge < -0.3 is 10.2 Å². The third kappa shape index (κ3) is 4.16. The summed E-state index contributed by atoms with van der Waals surface area (Å²) in [4.78, 5) is 14.7. The fourth-order valence-electron chi connectivity index (χ4n) is 3.26. The first-order valence-corrected chi connectivity index (χ1v) is 8.92. The number of benzene rings is 2. The summed E-state index contributed by atoms with van der Waals surface area (Å²) in [6.45, 7) is 2.33. The largest absolute Gasteiger partial charge is 0.333 e. The molecule has 1 amide bonds. The maximum Gasteiger partial charge on any atom is 0.223 e. The van der Waals surface area contributed by atoms with Gasteiger partial charge in [0.05, 0.1) is 6.04 Å². The lowest BCUT2D eigenvalue weighted by molar-refractivity contribution is -0.134. The molecule has 0 spiro atoms. The molecular weight excluding hydrogens is 320 g/mol. The van der Waals surface area contributed by atoms with Crippen LogP contribution in [-0.4, -0.2) is 30.4 Å². The van der Waals surface area contributed by atoms with Crippen LogP contribution in [0.5, 0.6) is 0 Å². The first kappa shape index (κ1) is 17.0. The van der Waals surface area contributed by atoms with Crippen molar-refractivity contribution in [3.05, 3.63) is 70.7 Å². The quantitative estimate of drug-likeness (QED) is 0.895. The monoisotopic (exact) mass is 342 g/mol. The number of nitrogens with zero attached hydrogens (tertiary/aromatic N) is 1. The van der Waals surface area contributed by atoms with E-state index in [4.69, 9.17) is 11.6 Å². The van der Waals surface area contributed by atoms with E-state index < -0.39 is 0 Å². The molecule has 1 aliphatic heterocycles. The highest BCUT2D eigenvalue weighted by Crippen LogP contribution is 2.29. The van der Waals surface area contributed by atoms with Crippen molar-refractivity contribution in [2.24, 2.45) is 0 Å². The second-order valence-corrected chi connectivity index (χ2v) is 6.57. The normalized spacial score (nSPS) is 17.7. The second-order valence-electron chi connectivity index (χ2n) is 6.17. The Morgan fingerprint density at radius 3 is 2.67 bits per heavy atom. The number of hydrogen-bond donors (Lipinski definition) is 1. The lowest BCUT2D eigenvalue weighted by Gasteiger charge is -2.37. The van der Waals surface area contributed by atoms with Gasteiger partial charge in [0.1, 0.15) is 0 Å². The molecule has 1 unspecified atom stereocenters. The number of hydrogen-bond acceptors (Lipinski definition) is 2. The Labute approximate surface area is 148 Å². The average molecular weight is 343 g/mol. The number of halogens is 1. The molecule has 0 bridgehead atoms. The molecule has 0 aromatic heterocycles. The first-order chi connectivity index (χ1) is 11.8. The molecule has 0 saturated carbocycles. The van der Waals surface area contributed by atoms with Crippen molar-refractivity contribution in [3.8, 4) is 0 Å². The fourth-order valence-corrected chi connectivity index (χ4v) is 3.52. The van der Waals surface area contributed by atoms with Gasteiger partial charge in [-0.05, 0) is 30.0 Å². The van der Waals surface area contributed by atoms with E-state index in [1.807, 2.05) is 47.4 Å². The van der Waals surface area contributed by atoms with E-state index in [1.165, 1.54) is 5.56 Å². The Morgan fingerprint density at radius 2 is 1.88 bits per heavy atom. The van der Waals surface area contributed by atoms with Gasteiger partial charge in [0.25, 0.3) is 0 Å². The molecule has 3 nitrogen and oxygen atoms in total. The van der Waals surface area contributed by atoms with Gasteiger partial charge in [-0.25, -0.2) is 0 Å². The lowest BCUT2D eigenvalue weighted by Crippen LogP contribution is -2.48. The van der Waals surface area contributed by atoms with Crippen molar-refractivity contribution in [2.75, 3.05) is 19.6 Å². The van der Waals surface area contributed by atoms with Gasteiger partial charge in [-0.15, -0.1) is 0 Å². The van der Waals surface area contributed by atoms with Crippen LogP contribution in [-0.2, 0) is 11.2 Å². The maximum absolute atomic E-state index is 12.7. The van der Waals surface area contributed by atoms with Crippen LogP contribution in [0.4, 0.5) is 0 Å². The molecular formula is C20H23ClN2O. The van der Waals surface area contributed by atoms with E-state index in [2.05, 4.69) is 17.4 Å². The number of piperazine rings is 1. The van der Waals surface area contributed by atoms with Crippen molar-refractivity contribution in [2.45, 2.75) is 25.3 Å². The highest BCUT2D eigenvalue weighted by Gasteiger charge is 2.28. The molecule has 1 fully saturated rings. The minimum absolute atomic E-state index is 0.0247. The third-order valence-electron chi connectivity index (χ3n) is 4.53. The Hall–Kier alpha value is -1.84. The molecule has 1 atom stereocenters. The molecule has 3 rings (SSSR count). The predicted octanol–water partition coefficient (Wildman–Crippen LogP) is 3.84. The van der Waals surface area contributed by atoms with E-state index in [-0.39, 0.29) is 11.9 Å². The number of amides is 1. The molecule has 126 valence electrons. The van der Waals surface area contributed by atoms with Crippen molar-refractivity contribution in [1.29, 1.82) is 0 Å². The number of carbonyl (C=O) groups is 1. The summed E-state index contributed by atoms with van der Waals surface area (Å²) in [5.41, 5.74) is 2.32. The molecule has 24 heavy (non-hydrogen) atoms. The van der Waals surface area contributed by atoms with Gasteiger partial charge in [-0.1, -0.05) is 60.1 Å². The van der Waals surface area contributed by atoms with Gasteiger partial charge in [0.15, 0.2) is 0 Å². The second kappa shape index (κ2) is 8.32. The van der Waals surface area contributed by atoms with Crippen molar-refractivity contribution >= 4 is 17.5 Å². The molecule has 4 heteroatoms. The molecule has 2 aromatic rings. The number of rotatable bonds is 5. The van der Waals surface area contributed by atoms with Crippen molar-refractivity contribution in [1.82, 2.24) is 10.2 Å². The Kier molecular flexibility index (Phi) is 5.89. The van der Waals surface area contributed by atoms with Crippen LogP contribution in [0.1, 0.15) is 30.0 Å². The van der Waals surface area contributed by atoms with Gasteiger partial charge >= 0.3 is 0 Å². The SMILES string of the molecule is O=C(CCCc1ccccc1)N1CCNCC1c1ccccc1Cl. The van der Waals surface area contributed by atoms with E-state index in [0.29, 0.717) is 6.42 Å². The zero-order valence-electron chi connectivity index (χ0n) is 13.7. The zero-order chi connectivity index (χ0) is 16.8. The van der Waals surface area contributed by atoms with Crippen LogP contribution in [0.2, 0.25) is 5.02 Å². The minimum atomic E-state index is 0.0247. The summed E-state index contributed by atoms with van der Waals surface area (Å²) in [5.74, 6) is 0.220. The fraction of sp³-hybridized carbons (Fsp3) is 0.350. The van der Waals surface area contributed by atoms with Crippen LogP contribution >= 0.6 is 11.6 Å². The molecule has 2 aromatic carbocycles. The van der Waals surface area contributed by atoms with Gasteiger partial charge in [-0.3, -0.25) is 4.79 Å². The van der Waals surface area contributed by atoms with Crippen LogP contribution in [0.15, 0.2) is 54.6 Å². The Balaban J connectivity index is 1.62. The van der Waals surface area contributed by atoms with E-state index in [1.54, 1.807) is 0 Å². The van der Waals surface area contributed by atoms with Crippen LogP contribution in [0, 0.1) is 0 Å². The molecule has 0 aliphatic carbocycles. The highest BCUT2D eigenvalue weighted by molar-refractivity contribution is 6.31. The molecule has 0 radical (unpaired) electrons. The zero-order valence-corrected chi connectivity index (χ0v) is 14.5. The van der Waals surface area contributed by atoms with E-state index >= 15 is 0 Å². The van der Waals surface area contributed by atoms with Crippen molar-refractivity contribution < 1.29 is 4.79 Å². The summed E-state index contributed by atoms with van der Waals surface area (Å²) in [6.07, 6.45) is 2.40. The van der Waals surface area contributed by atoms with E-state index in [9.17, 15) is 4.79 Å². The Bertz CT molecular complexity index is 674. The minimum Gasteiger partial charge on any atom is -0.333 e. The molecule has 1 saturated heterocycles. The maximum atomic E-state index is 12.7. The van der Waals surface area contributed by atoms with Crippen molar-refractivity contribution in [3.63, 3.8) is 0 Å². The van der Waals surface area contributed by atoms with Crippen LogP contribution in [0.25, 0.3) is 0 Å². The van der Waals surface area contributed by atoms with Crippen LogP contribution in [0.3, 0.4) is 0 Å². The van der Waals surface area contributed by atoms with Gasteiger partial charge in [-0.2, -0.15) is 0 Å². The lowest BCUT2D eigenvalue weighted by atomic mass is 10.0.